The lowest BCUT2D eigenvalue weighted by molar-refractivity contribution is -0.160. The Hall–Kier alpha value is -2.05. The Morgan fingerprint density at radius 1 is 1.17 bits per heavy atom. The van der Waals surface area contributed by atoms with Gasteiger partial charge in [0.05, 0.1) is 6.42 Å². The Morgan fingerprint density at radius 2 is 1.74 bits per heavy atom. The standard InChI is InChI=1S/C16H20F3NO3/c1-10(2)12(8-11-6-4-3-5-7-11)14(21)20-13(15(22)23)9-16(17,18)19/h3-7,10,12-13H,8-9H2,1-2H3,(H,20,21)(H,22,23). The zero-order chi connectivity index (χ0) is 17.6. The molecular weight excluding hydrogens is 311 g/mol. The van der Waals surface area contributed by atoms with Gasteiger partial charge in [-0.3, -0.25) is 4.79 Å². The Balaban J connectivity index is 2.82. The topological polar surface area (TPSA) is 66.4 Å². The number of benzene rings is 1. The van der Waals surface area contributed by atoms with Crippen LogP contribution in [-0.4, -0.2) is 29.2 Å². The van der Waals surface area contributed by atoms with Crippen LogP contribution in [0, 0.1) is 11.8 Å². The summed E-state index contributed by atoms with van der Waals surface area (Å²) in [5, 5.41) is 10.9. The highest BCUT2D eigenvalue weighted by atomic mass is 19.4. The number of rotatable bonds is 7. The summed E-state index contributed by atoms with van der Waals surface area (Å²) in [6, 6.07) is 7.07. The van der Waals surface area contributed by atoms with Gasteiger partial charge in [-0.1, -0.05) is 44.2 Å². The summed E-state index contributed by atoms with van der Waals surface area (Å²) in [5.74, 6) is -3.12. The minimum absolute atomic E-state index is 0.143. The average Bonchev–Trinajstić information content (AvgIpc) is 2.43. The molecule has 2 N–H and O–H groups in total. The summed E-state index contributed by atoms with van der Waals surface area (Å²) in [5.41, 5.74) is 0.865. The number of aliphatic carboxylic acids is 1. The molecule has 2 unspecified atom stereocenters. The van der Waals surface area contributed by atoms with Crippen molar-refractivity contribution in [2.24, 2.45) is 11.8 Å². The number of carbonyl (C=O) groups is 2. The molecule has 1 amide bonds. The molecule has 7 heteroatoms. The van der Waals surface area contributed by atoms with E-state index in [4.69, 9.17) is 5.11 Å². The highest BCUT2D eigenvalue weighted by Crippen LogP contribution is 2.23. The van der Waals surface area contributed by atoms with E-state index < -0.39 is 36.4 Å². The lowest BCUT2D eigenvalue weighted by Gasteiger charge is -2.23. The van der Waals surface area contributed by atoms with Gasteiger partial charge in [0.25, 0.3) is 0 Å². The molecule has 0 bridgehead atoms. The third-order valence-electron chi connectivity index (χ3n) is 3.49. The van der Waals surface area contributed by atoms with Gasteiger partial charge in [-0.25, -0.2) is 4.79 Å². The number of hydrogen-bond donors (Lipinski definition) is 2. The normalized spacial score (nSPS) is 14.3. The van der Waals surface area contributed by atoms with Gasteiger partial charge < -0.3 is 10.4 Å². The summed E-state index contributed by atoms with van der Waals surface area (Å²) in [7, 11) is 0. The van der Waals surface area contributed by atoms with E-state index in [-0.39, 0.29) is 5.92 Å². The SMILES string of the molecule is CC(C)C(Cc1ccccc1)C(=O)NC(CC(F)(F)F)C(=O)O. The number of halogens is 3. The van der Waals surface area contributed by atoms with E-state index >= 15 is 0 Å². The Morgan fingerprint density at radius 3 is 2.17 bits per heavy atom. The van der Waals surface area contributed by atoms with Crippen molar-refractivity contribution in [3.05, 3.63) is 35.9 Å². The molecular formula is C16H20F3NO3. The fourth-order valence-electron chi connectivity index (χ4n) is 2.21. The van der Waals surface area contributed by atoms with Gasteiger partial charge >= 0.3 is 12.1 Å². The summed E-state index contributed by atoms with van der Waals surface area (Å²) in [6.07, 6.45) is -5.92. The molecule has 1 aromatic carbocycles. The molecule has 0 saturated heterocycles. The maximum atomic E-state index is 12.4. The van der Waals surface area contributed by atoms with Crippen molar-refractivity contribution in [1.82, 2.24) is 5.32 Å². The van der Waals surface area contributed by atoms with Crippen LogP contribution in [0.15, 0.2) is 30.3 Å². The van der Waals surface area contributed by atoms with Crippen LogP contribution < -0.4 is 5.32 Å². The molecule has 1 rings (SSSR count). The minimum atomic E-state index is -4.66. The second-order valence-electron chi connectivity index (χ2n) is 5.76. The zero-order valence-corrected chi connectivity index (χ0v) is 12.9. The smallest absolute Gasteiger partial charge is 0.391 e. The number of alkyl halides is 3. The van der Waals surface area contributed by atoms with E-state index in [1.54, 1.807) is 26.0 Å². The predicted octanol–water partition coefficient (Wildman–Crippen LogP) is 3.02. The molecule has 0 aliphatic rings. The maximum absolute atomic E-state index is 12.4. The molecule has 0 radical (unpaired) electrons. The summed E-state index contributed by atoms with van der Waals surface area (Å²) in [4.78, 5) is 23.2. The maximum Gasteiger partial charge on any atom is 0.391 e. The number of nitrogens with one attached hydrogen (secondary N) is 1. The first-order valence-electron chi connectivity index (χ1n) is 7.24. The minimum Gasteiger partial charge on any atom is -0.480 e. The quantitative estimate of drug-likeness (QED) is 0.807. The molecule has 2 atom stereocenters. The number of amides is 1. The molecule has 0 heterocycles. The van der Waals surface area contributed by atoms with Gasteiger partial charge in [0.1, 0.15) is 6.04 Å². The highest BCUT2D eigenvalue weighted by molar-refractivity contribution is 5.85. The van der Waals surface area contributed by atoms with Crippen LogP contribution in [0.2, 0.25) is 0 Å². The lowest BCUT2D eigenvalue weighted by atomic mass is 9.88. The van der Waals surface area contributed by atoms with Crippen LogP contribution in [0.4, 0.5) is 13.2 Å². The van der Waals surface area contributed by atoms with E-state index in [9.17, 15) is 22.8 Å². The van der Waals surface area contributed by atoms with Crippen LogP contribution in [-0.2, 0) is 16.0 Å². The summed E-state index contributed by atoms with van der Waals surface area (Å²) < 4.78 is 37.2. The van der Waals surface area contributed by atoms with Gasteiger partial charge in [0.2, 0.25) is 5.91 Å². The first-order chi connectivity index (χ1) is 10.6. The molecule has 0 aromatic heterocycles. The van der Waals surface area contributed by atoms with Crippen molar-refractivity contribution in [2.45, 2.75) is 38.9 Å². The lowest BCUT2D eigenvalue weighted by Crippen LogP contribution is -2.47. The van der Waals surface area contributed by atoms with Crippen LogP contribution in [0.25, 0.3) is 0 Å². The summed E-state index contributed by atoms with van der Waals surface area (Å²) >= 11 is 0. The molecule has 0 aliphatic heterocycles. The van der Waals surface area contributed by atoms with E-state index in [0.717, 1.165) is 5.56 Å². The molecule has 23 heavy (non-hydrogen) atoms. The van der Waals surface area contributed by atoms with Crippen molar-refractivity contribution < 1.29 is 27.9 Å². The van der Waals surface area contributed by atoms with Crippen LogP contribution in [0.3, 0.4) is 0 Å². The third kappa shape index (κ3) is 6.71. The fourth-order valence-corrected chi connectivity index (χ4v) is 2.21. The second-order valence-corrected chi connectivity index (χ2v) is 5.76. The van der Waals surface area contributed by atoms with E-state index in [0.29, 0.717) is 6.42 Å². The first kappa shape index (κ1) is 19.0. The average molecular weight is 331 g/mol. The van der Waals surface area contributed by atoms with E-state index in [1.807, 2.05) is 23.5 Å². The van der Waals surface area contributed by atoms with Gasteiger partial charge in [-0.05, 0) is 17.9 Å². The van der Waals surface area contributed by atoms with Crippen molar-refractivity contribution in [3.63, 3.8) is 0 Å². The first-order valence-corrected chi connectivity index (χ1v) is 7.24. The molecule has 0 aliphatic carbocycles. The molecule has 4 nitrogen and oxygen atoms in total. The molecule has 0 fully saturated rings. The van der Waals surface area contributed by atoms with Crippen molar-refractivity contribution in [3.8, 4) is 0 Å². The Labute approximate surface area is 132 Å². The number of carboxylic acid groups (broad SMARTS) is 1. The molecule has 0 saturated carbocycles. The van der Waals surface area contributed by atoms with Crippen molar-refractivity contribution in [2.75, 3.05) is 0 Å². The van der Waals surface area contributed by atoms with E-state index in [1.165, 1.54) is 0 Å². The summed E-state index contributed by atoms with van der Waals surface area (Å²) in [6.45, 7) is 3.54. The van der Waals surface area contributed by atoms with Crippen LogP contribution in [0.5, 0.6) is 0 Å². The monoisotopic (exact) mass is 331 g/mol. The van der Waals surface area contributed by atoms with Gasteiger partial charge in [-0.2, -0.15) is 13.2 Å². The number of hydrogen-bond acceptors (Lipinski definition) is 2. The van der Waals surface area contributed by atoms with Crippen LogP contribution in [0.1, 0.15) is 25.8 Å². The van der Waals surface area contributed by atoms with Gasteiger partial charge in [0, 0.05) is 5.92 Å². The Bertz CT molecular complexity index is 529. The molecule has 0 spiro atoms. The molecule has 128 valence electrons. The fraction of sp³-hybridized carbons (Fsp3) is 0.500. The van der Waals surface area contributed by atoms with Crippen molar-refractivity contribution in [1.29, 1.82) is 0 Å². The number of carbonyl (C=O) groups excluding carboxylic acids is 1. The second kappa shape index (κ2) is 7.99. The Kier molecular flexibility index (Phi) is 6.60. The molecule has 1 aromatic rings. The zero-order valence-electron chi connectivity index (χ0n) is 12.9. The number of carboxylic acids is 1. The predicted molar refractivity (Wildman–Crippen MR) is 78.7 cm³/mol. The third-order valence-corrected chi connectivity index (χ3v) is 3.49. The van der Waals surface area contributed by atoms with E-state index in [2.05, 4.69) is 0 Å². The van der Waals surface area contributed by atoms with Gasteiger partial charge in [-0.15, -0.1) is 0 Å². The largest absolute Gasteiger partial charge is 0.480 e. The van der Waals surface area contributed by atoms with Crippen LogP contribution >= 0.6 is 0 Å². The highest BCUT2D eigenvalue weighted by Gasteiger charge is 2.37. The van der Waals surface area contributed by atoms with Crippen molar-refractivity contribution >= 4 is 11.9 Å². The van der Waals surface area contributed by atoms with Gasteiger partial charge in [0.15, 0.2) is 0 Å².